The Hall–Kier alpha value is -2.24. The standard InChI is InChI=1S/C17H25N3O3/c1-4-19(5-2)16(21)14-10-8-12-20(14)17(22)18-13-9-6-7-11-15(13)23-3/h6-7,9,11,14H,4-5,8,10,12H2,1-3H3,(H,18,22). The van der Waals surface area contributed by atoms with Gasteiger partial charge in [0.1, 0.15) is 11.8 Å². The Balaban J connectivity index is 2.10. The molecule has 0 spiro atoms. The fraction of sp³-hybridized carbons (Fsp3) is 0.529. The highest BCUT2D eigenvalue weighted by Gasteiger charge is 2.36. The van der Waals surface area contributed by atoms with Gasteiger partial charge >= 0.3 is 6.03 Å². The number of likely N-dealkylation sites (tertiary alicyclic amines) is 1. The summed E-state index contributed by atoms with van der Waals surface area (Å²) >= 11 is 0. The third-order valence-corrected chi connectivity index (χ3v) is 4.22. The molecule has 0 bridgehead atoms. The molecular weight excluding hydrogens is 294 g/mol. The summed E-state index contributed by atoms with van der Waals surface area (Å²) in [7, 11) is 1.56. The molecule has 6 nitrogen and oxygen atoms in total. The van der Waals surface area contributed by atoms with Gasteiger partial charge in [-0.05, 0) is 38.8 Å². The van der Waals surface area contributed by atoms with Crippen LogP contribution in [0.5, 0.6) is 5.75 Å². The van der Waals surface area contributed by atoms with Crippen LogP contribution in [-0.4, -0.2) is 54.5 Å². The smallest absolute Gasteiger partial charge is 0.322 e. The predicted molar refractivity (Wildman–Crippen MR) is 89.7 cm³/mol. The van der Waals surface area contributed by atoms with Crippen LogP contribution in [-0.2, 0) is 4.79 Å². The monoisotopic (exact) mass is 319 g/mol. The molecule has 1 aliphatic heterocycles. The lowest BCUT2D eigenvalue weighted by Gasteiger charge is -2.29. The van der Waals surface area contributed by atoms with Gasteiger partial charge in [0, 0.05) is 19.6 Å². The fourth-order valence-corrected chi connectivity index (χ4v) is 2.95. The maximum Gasteiger partial charge on any atom is 0.322 e. The van der Waals surface area contributed by atoms with Gasteiger partial charge in [-0.1, -0.05) is 12.1 Å². The zero-order valence-corrected chi connectivity index (χ0v) is 14.0. The summed E-state index contributed by atoms with van der Waals surface area (Å²) in [5.74, 6) is 0.634. The number of urea groups is 1. The summed E-state index contributed by atoms with van der Waals surface area (Å²) in [4.78, 5) is 28.6. The number of rotatable bonds is 5. The van der Waals surface area contributed by atoms with Crippen molar-refractivity contribution in [1.29, 1.82) is 0 Å². The van der Waals surface area contributed by atoms with Crippen molar-refractivity contribution < 1.29 is 14.3 Å². The van der Waals surface area contributed by atoms with Crippen LogP contribution in [0.2, 0.25) is 0 Å². The maximum atomic E-state index is 12.6. The number of ether oxygens (including phenoxy) is 1. The Bertz CT molecular complexity index is 558. The lowest BCUT2D eigenvalue weighted by molar-refractivity contribution is -0.134. The van der Waals surface area contributed by atoms with Gasteiger partial charge in [-0.25, -0.2) is 4.79 Å². The van der Waals surface area contributed by atoms with Crippen molar-refractivity contribution in [3.63, 3.8) is 0 Å². The Kier molecular flexibility index (Phi) is 5.84. The van der Waals surface area contributed by atoms with E-state index in [4.69, 9.17) is 4.74 Å². The molecule has 1 atom stereocenters. The first-order valence-electron chi connectivity index (χ1n) is 8.11. The van der Waals surface area contributed by atoms with Gasteiger partial charge in [0.05, 0.1) is 12.8 Å². The number of hydrogen-bond donors (Lipinski definition) is 1. The van der Waals surface area contributed by atoms with E-state index in [1.54, 1.807) is 29.0 Å². The third-order valence-electron chi connectivity index (χ3n) is 4.22. The van der Waals surface area contributed by atoms with Gasteiger partial charge in [0.15, 0.2) is 0 Å². The van der Waals surface area contributed by atoms with E-state index in [0.29, 0.717) is 37.5 Å². The second-order valence-electron chi connectivity index (χ2n) is 5.49. The van der Waals surface area contributed by atoms with Crippen LogP contribution in [0.15, 0.2) is 24.3 Å². The van der Waals surface area contributed by atoms with Crippen molar-refractivity contribution in [3.8, 4) is 5.75 Å². The molecule has 6 heteroatoms. The summed E-state index contributed by atoms with van der Waals surface area (Å²) in [6.45, 7) is 5.82. The first-order chi connectivity index (χ1) is 11.1. The SMILES string of the molecule is CCN(CC)C(=O)C1CCCN1C(=O)Nc1ccccc1OC. The van der Waals surface area contributed by atoms with Crippen LogP contribution in [0.4, 0.5) is 10.5 Å². The Morgan fingerprint density at radius 2 is 2.00 bits per heavy atom. The minimum atomic E-state index is -0.371. The summed E-state index contributed by atoms with van der Waals surface area (Å²) < 4.78 is 5.25. The quantitative estimate of drug-likeness (QED) is 0.907. The van der Waals surface area contributed by atoms with Crippen LogP contribution in [0.1, 0.15) is 26.7 Å². The summed E-state index contributed by atoms with van der Waals surface area (Å²) in [6.07, 6.45) is 1.56. The number of anilines is 1. The van der Waals surface area contributed by atoms with E-state index >= 15 is 0 Å². The van der Waals surface area contributed by atoms with E-state index < -0.39 is 0 Å². The van der Waals surface area contributed by atoms with Crippen LogP contribution in [0.3, 0.4) is 0 Å². The average molecular weight is 319 g/mol. The number of nitrogens with one attached hydrogen (secondary N) is 1. The molecule has 1 aliphatic rings. The number of carbonyl (C=O) groups excluding carboxylic acids is 2. The van der Waals surface area contributed by atoms with E-state index in [9.17, 15) is 9.59 Å². The van der Waals surface area contributed by atoms with E-state index in [1.807, 2.05) is 26.0 Å². The van der Waals surface area contributed by atoms with E-state index in [1.165, 1.54) is 0 Å². The number of para-hydroxylation sites is 2. The topological polar surface area (TPSA) is 61.9 Å². The molecule has 23 heavy (non-hydrogen) atoms. The highest BCUT2D eigenvalue weighted by molar-refractivity contribution is 5.95. The number of methoxy groups -OCH3 is 1. The van der Waals surface area contributed by atoms with Gasteiger partial charge < -0.3 is 19.9 Å². The average Bonchev–Trinajstić information content (AvgIpc) is 3.06. The van der Waals surface area contributed by atoms with Crippen molar-refractivity contribution in [2.75, 3.05) is 32.1 Å². The third kappa shape index (κ3) is 3.75. The molecule has 1 heterocycles. The first-order valence-corrected chi connectivity index (χ1v) is 8.11. The lowest BCUT2D eigenvalue weighted by atomic mass is 10.2. The highest BCUT2D eigenvalue weighted by Crippen LogP contribution is 2.25. The van der Waals surface area contributed by atoms with Crippen molar-refractivity contribution in [1.82, 2.24) is 9.80 Å². The molecule has 0 aromatic heterocycles. The van der Waals surface area contributed by atoms with Gasteiger partial charge in [-0.15, -0.1) is 0 Å². The Morgan fingerprint density at radius 3 is 2.65 bits per heavy atom. The van der Waals surface area contributed by atoms with Gasteiger partial charge in [0.2, 0.25) is 5.91 Å². The van der Waals surface area contributed by atoms with Crippen molar-refractivity contribution in [3.05, 3.63) is 24.3 Å². The molecular formula is C17H25N3O3. The summed E-state index contributed by atoms with van der Waals surface area (Å²) in [5.41, 5.74) is 0.612. The number of hydrogen-bond acceptors (Lipinski definition) is 3. The van der Waals surface area contributed by atoms with Crippen LogP contribution < -0.4 is 10.1 Å². The zero-order chi connectivity index (χ0) is 16.8. The normalized spacial score (nSPS) is 17.0. The molecule has 1 fully saturated rings. The number of nitrogens with zero attached hydrogens (tertiary/aromatic N) is 2. The molecule has 126 valence electrons. The van der Waals surface area contributed by atoms with Crippen molar-refractivity contribution >= 4 is 17.6 Å². The van der Waals surface area contributed by atoms with Crippen LogP contribution in [0.25, 0.3) is 0 Å². The molecule has 0 saturated carbocycles. The largest absolute Gasteiger partial charge is 0.495 e. The Labute approximate surface area is 137 Å². The molecule has 1 unspecified atom stereocenters. The lowest BCUT2D eigenvalue weighted by Crippen LogP contribution is -2.49. The van der Waals surface area contributed by atoms with Crippen LogP contribution >= 0.6 is 0 Å². The van der Waals surface area contributed by atoms with E-state index in [-0.39, 0.29) is 18.0 Å². The van der Waals surface area contributed by atoms with Crippen molar-refractivity contribution in [2.24, 2.45) is 0 Å². The summed E-state index contributed by atoms with van der Waals surface area (Å²) in [6, 6.07) is 6.63. The molecule has 0 aliphatic carbocycles. The second-order valence-corrected chi connectivity index (χ2v) is 5.49. The minimum absolute atomic E-state index is 0.0303. The van der Waals surface area contributed by atoms with Crippen molar-refractivity contribution in [2.45, 2.75) is 32.7 Å². The molecule has 1 saturated heterocycles. The zero-order valence-electron chi connectivity index (χ0n) is 14.0. The number of amides is 3. The predicted octanol–water partition coefficient (Wildman–Crippen LogP) is 2.56. The summed E-state index contributed by atoms with van der Waals surface area (Å²) in [5, 5.41) is 2.85. The van der Waals surface area contributed by atoms with E-state index in [0.717, 1.165) is 6.42 Å². The van der Waals surface area contributed by atoms with Gasteiger partial charge in [-0.2, -0.15) is 0 Å². The molecule has 0 radical (unpaired) electrons. The number of likely N-dealkylation sites (N-methyl/N-ethyl adjacent to an activating group) is 1. The molecule has 1 aromatic carbocycles. The number of benzene rings is 1. The maximum absolute atomic E-state index is 12.6. The van der Waals surface area contributed by atoms with E-state index in [2.05, 4.69) is 5.32 Å². The molecule has 2 rings (SSSR count). The molecule has 1 N–H and O–H groups in total. The van der Waals surface area contributed by atoms with Gasteiger partial charge in [-0.3, -0.25) is 4.79 Å². The highest BCUT2D eigenvalue weighted by atomic mass is 16.5. The fourth-order valence-electron chi connectivity index (χ4n) is 2.95. The second kappa shape index (κ2) is 7.85. The molecule has 3 amide bonds. The number of carbonyl (C=O) groups is 2. The molecule has 1 aromatic rings. The van der Waals surface area contributed by atoms with Gasteiger partial charge in [0.25, 0.3) is 0 Å². The van der Waals surface area contributed by atoms with Crippen LogP contribution in [0, 0.1) is 0 Å². The minimum Gasteiger partial charge on any atom is -0.495 e. The first kappa shape index (κ1) is 17.1. The Morgan fingerprint density at radius 1 is 1.30 bits per heavy atom.